The highest BCUT2D eigenvalue weighted by molar-refractivity contribution is 8.07. The molecule has 0 aromatic heterocycles. The van der Waals surface area contributed by atoms with E-state index in [1.54, 1.807) is 0 Å². The maximum atomic E-state index is 11.3. The highest BCUT2D eigenvalue weighted by Crippen LogP contribution is 2.47. The number of carbonyl (C=O) groups excluding carboxylic acids is 1. The molecule has 2 atom stereocenters. The lowest BCUT2D eigenvalue weighted by Gasteiger charge is -2.28. The van der Waals surface area contributed by atoms with E-state index in [0.717, 1.165) is 6.54 Å². The molecule has 11 heavy (non-hydrogen) atoms. The highest BCUT2D eigenvalue weighted by atomic mass is 32.2. The maximum absolute atomic E-state index is 11.3. The third kappa shape index (κ3) is 1.05. The fourth-order valence-electron chi connectivity index (χ4n) is 1.46. The molecule has 3 nitrogen and oxygen atoms in total. The van der Waals surface area contributed by atoms with Crippen LogP contribution in [-0.4, -0.2) is 46.6 Å². The van der Waals surface area contributed by atoms with Crippen LogP contribution in [0, 0.1) is 0 Å². The van der Waals surface area contributed by atoms with E-state index < -0.39 is 0 Å². The first-order chi connectivity index (χ1) is 5.24. The second-order valence-electron chi connectivity index (χ2n) is 2.98. The van der Waals surface area contributed by atoms with Crippen LogP contribution < -0.4 is 0 Å². The number of piperazine rings is 1. The molecule has 0 N–H and O–H groups in total. The number of thioether (sulfide) groups is 1. The molecule has 0 aromatic carbocycles. The second-order valence-corrected chi connectivity index (χ2v) is 4.22. The van der Waals surface area contributed by atoms with Gasteiger partial charge in [-0.3, -0.25) is 9.69 Å². The zero-order valence-corrected chi connectivity index (χ0v) is 7.60. The number of carbonyl (C=O) groups is 1. The third-order valence-corrected chi connectivity index (χ3v) is 3.70. The van der Waals surface area contributed by atoms with Crippen LogP contribution in [0.3, 0.4) is 0 Å². The monoisotopic (exact) mass is 172 g/mol. The number of rotatable bonds is 1. The topological polar surface area (TPSA) is 23.6 Å². The number of fused-ring (bicyclic) bond motifs is 1. The summed E-state index contributed by atoms with van der Waals surface area (Å²) in [4.78, 5) is 15.4. The number of likely N-dealkylation sites (N-methyl/N-ethyl adjacent to an activating group) is 2. The van der Waals surface area contributed by atoms with E-state index in [2.05, 4.69) is 11.8 Å². The quantitative estimate of drug-likeness (QED) is 0.527. The summed E-state index contributed by atoms with van der Waals surface area (Å²) in [7, 11) is 1.90. The Morgan fingerprint density at radius 1 is 1.64 bits per heavy atom. The normalized spacial score (nSPS) is 37.3. The van der Waals surface area contributed by atoms with E-state index in [-0.39, 0.29) is 5.91 Å². The molecule has 0 bridgehead atoms. The van der Waals surface area contributed by atoms with E-state index in [4.69, 9.17) is 0 Å². The maximum Gasteiger partial charge on any atom is 0.237 e. The van der Waals surface area contributed by atoms with Gasteiger partial charge in [-0.15, -0.1) is 11.8 Å². The van der Waals surface area contributed by atoms with Gasteiger partial charge >= 0.3 is 0 Å². The summed E-state index contributed by atoms with van der Waals surface area (Å²) in [5, 5.41) is 1.05. The van der Waals surface area contributed by atoms with E-state index in [1.165, 1.54) is 0 Å². The van der Waals surface area contributed by atoms with Gasteiger partial charge in [-0.25, -0.2) is 0 Å². The Bertz CT molecular complexity index is 197. The molecule has 2 saturated heterocycles. The van der Waals surface area contributed by atoms with Gasteiger partial charge in [0.1, 0.15) is 5.37 Å². The minimum absolute atomic E-state index is 0.262. The average Bonchev–Trinajstić information content (AvgIpc) is 2.76. The van der Waals surface area contributed by atoms with Crippen molar-refractivity contribution in [2.24, 2.45) is 0 Å². The molecule has 0 saturated carbocycles. The Morgan fingerprint density at radius 3 is 3.00 bits per heavy atom. The zero-order valence-electron chi connectivity index (χ0n) is 6.78. The molecule has 2 rings (SSSR count). The smallest absolute Gasteiger partial charge is 0.237 e. The van der Waals surface area contributed by atoms with Gasteiger partial charge in [-0.1, -0.05) is 6.92 Å². The van der Waals surface area contributed by atoms with E-state index in [9.17, 15) is 4.79 Å². The Kier molecular flexibility index (Phi) is 1.61. The number of nitrogens with zero attached hydrogens (tertiary/aromatic N) is 2. The molecule has 2 unspecified atom stereocenters. The number of amides is 1. The van der Waals surface area contributed by atoms with Gasteiger partial charge in [0.25, 0.3) is 0 Å². The predicted octanol–water partition coefficient (Wildman–Crippen LogP) is 0.179. The molecule has 2 aliphatic rings. The summed E-state index contributed by atoms with van der Waals surface area (Å²) < 4.78 is 0. The van der Waals surface area contributed by atoms with Crippen molar-refractivity contribution >= 4 is 17.7 Å². The molecule has 62 valence electrons. The van der Waals surface area contributed by atoms with Crippen molar-refractivity contribution in [3.05, 3.63) is 0 Å². The number of hydrogen-bond acceptors (Lipinski definition) is 3. The van der Waals surface area contributed by atoms with E-state index >= 15 is 0 Å². The Morgan fingerprint density at radius 2 is 2.36 bits per heavy atom. The van der Waals surface area contributed by atoms with Crippen LogP contribution in [0.4, 0.5) is 0 Å². The van der Waals surface area contributed by atoms with E-state index in [1.807, 2.05) is 23.7 Å². The summed E-state index contributed by atoms with van der Waals surface area (Å²) in [6.45, 7) is 3.71. The van der Waals surface area contributed by atoms with Crippen molar-refractivity contribution in [3.8, 4) is 0 Å². The van der Waals surface area contributed by atoms with Crippen LogP contribution in [0.25, 0.3) is 0 Å². The summed E-state index contributed by atoms with van der Waals surface area (Å²) in [5.74, 6) is 0.262. The molecule has 0 aliphatic carbocycles. The van der Waals surface area contributed by atoms with E-state index in [0.29, 0.717) is 17.3 Å². The fourth-order valence-corrected chi connectivity index (χ4v) is 2.70. The predicted molar refractivity (Wildman–Crippen MR) is 45.2 cm³/mol. The van der Waals surface area contributed by atoms with Gasteiger partial charge in [0.15, 0.2) is 0 Å². The SMILES string of the molecule is CCN1CC(=O)N(C)C2SC21. The first kappa shape index (κ1) is 7.43. The number of hydrogen-bond donors (Lipinski definition) is 0. The minimum Gasteiger partial charge on any atom is -0.330 e. The van der Waals surface area contributed by atoms with Gasteiger partial charge in [0, 0.05) is 7.05 Å². The molecule has 1 amide bonds. The summed E-state index contributed by atoms with van der Waals surface area (Å²) >= 11 is 1.87. The first-order valence-corrected chi connectivity index (χ1v) is 4.83. The second kappa shape index (κ2) is 2.38. The van der Waals surface area contributed by atoms with Crippen LogP contribution in [0.1, 0.15) is 6.92 Å². The lowest BCUT2D eigenvalue weighted by molar-refractivity contribution is -0.134. The van der Waals surface area contributed by atoms with Crippen molar-refractivity contribution in [1.82, 2.24) is 9.80 Å². The Hall–Kier alpha value is -0.220. The van der Waals surface area contributed by atoms with Crippen molar-refractivity contribution < 1.29 is 4.79 Å². The lowest BCUT2D eigenvalue weighted by Crippen LogP contribution is -2.48. The molecule has 0 aromatic rings. The Balaban J connectivity index is 2.07. The molecule has 2 aliphatic heterocycles. The van der Waals surface area contributed by atoms with Crippen molar-refractivity contribution in [1.29, 1.82) is 0 Å². The first-order valence-electron chi connectivity index (χ1n) is 3.89. The highest BCUT2D eigenvalue weighted by Gasteiger charge is 2.51. The Labute approximate surface area is 70.7 Å². The fraction of sp³-hybridized carbons (Fsp3) is 0.857. The molecule has 2 fully saturated rings. The minimum atomic E-state index is 0.262. The summed E-state index contributed by atoms with van der Waals surface area (Å²) in [5.41, 5.74) is 0. The largest absolute Gasteiger partial charge is 0.330 e. The standard InChI is InChI=1S/C7H12N2OS/c1-3-9-4-5(10)8(2)6-7(9)11-6/h6-7H,3-4H2,1-2H3. The van der Waals surface area contributed by atoms with Crippen LogP contribution >= 0.6 is 11.8 Å². The molecule has 0 radical (unpaired) electrons. The van der Waals surface area contributed by atoms with Gasteiger partial charge < -0.3 is 4.90 Å². The third-order valence-electron chi connectivity index (χ3n) is 2.33. The van der Waals surface area contributed by atoms with Gasteiger partial charge in [0.05, 0.1) is 11.9 Å². The molecule has 4 heteroatoms. The van der Waals surface area contributed by atoms with Crippen LogP contribution in [-0.2, 0) is 4.79 Å². The molecule has 0 spiro atoms. The van der Waals surface area contributed by atoms with Crippen LogP contribution in [0.15, 0.2) is 0 Å². The summed E-state index contributed by atoms with van der Waals surface area (Å²) in [6, 6.07) is 0. The van der Waals surface area contributed by atoms with Crippen LogP contribution in [0.5, 0.6) is 0 Å². The summed E-state index contributed by atoms with van der Waals surface area (Å²) in [6.07, 6.45) is 0. The van der Waals surface area contributed by atoms with Gasteiger partial charge in [-0.05, 0) is 6.54 Å². The van der Waals surface area contributed by atoms with Crippen molar-refractivity contribution in [2.75, 3.05) is 20.1 Å². The van der Waals surface area contributed by atoms with Crippen molar-refractivity contribution in [3.63, 3.8) is 0 Å². The van der Waals surface area contributed by atoms with Crippen LogP contribution in [0.2, 0.25) is 0 Å². The molecular weight excluding hydrogens is 160 g/mol. The van der Waals surface area contributed by atoms with Gasteiger partial charge in [0.2, 0.25) is 5.91 Å². The van der Waals surface area contributed by atoms with Crippen molar-refractivity contribution in [2.45, 2.75) is 17.7 Å². The molecule has 2 heterocycles. The van der Waals surface area contributed by atoms with Gasteiger partial charge in [-0.2, -0.15) is 0 Å². The lowest BCUT2D eigenvalue weighted by atomic mass is 10.3. The molecular formula is C7H12N2OS. The zero-order chi connectivity index (χ0) is 8.01. The average molecular weight is 172 g/mol.